The molecule has 0 radical (unpaired) electrons. The van der Waals surface area contributed by atoms with Crippen molar-refractivity contribution in [3.63, 3.8) is 0 Å². The molecule has 5 atom stereocenters. The third-order valence-corrected chi connectivity index (χ3v) is 12.9. The molecule has 1 saturated heterocycles. The van der Waals surface area contributed by atoms with Gasteiger partial charge in [0.25, 0.3) is 0 Å². The van der Waals surface area contributed by atoms with E-state index in [0.717, 1.165) is 97.9 Å². The monoisotopic (exact) mass is 674 g/mol. The summed E-state index contributed by atoms with van der Waals surface area (Å²) in [5, 5.41) is 11.3. The van der Waals surface area contributed by atoms with Crippen molar-refractivity contribution in [2.75, 3.05) is 26.2 Å². The summed E-state index contributed by atoms with van der Waals surface area (Å²) in [4.78, 5) is 30.4. The summed E-state index contributed by atoms with van der Waals surface area (Å²) in [5.74, 6) is 8.32. The first kappa shape index (κ1) is 32.9. The third-order valence-electron chi connectivity index (χ3n) is 11.8. The third kappa shape index (κ3) is 6.78. The number of fused-ring (bicyclic) bond motifs is 3. The fourth-order valence-corrected chi connectivity index (χ4v) is 9.81. The number of benzene rings is 1. The number of Topliss-reactive ketones (excluding diaryl/α,β-unsaturated/α-hetero) is 1. The SMILES string of the molecule is CCCCC(Cc1ccc(C2=CC#CCC2)s1)C(C)C1=C(c2nc3cc4c(cc3[nH]2)CN(CCCN2CCCC2)C4O)C(=O)C2CC2C=C1. The van der Waals surface area contributed by atoms with Gasteiger partial charge in [-0.1, -0.05) is 50.7 Å². The quantitative estimate of drug-likeness (QED) is 0.179. The lowest BCUT2D eigenvalue weighted by Gasteiger charge is -2.26. The number of nitrogens with one attached hydrogen (secondary N) is 1. The van der Waals surface area contributed by atoms with Crippen LogP contribution in [0.5, 0.6) is 0 Å². The molecule has 0 bridgehead atoms. The summed E-state index contributed by atoms with van der Waals surface area (Å²) in [7, 11) is 0. The Morgan fingerprint density at radius 1 is 1.16 bits per heavy atom. The zero-order chi connectivity index (χ0) is 33.5. The highest BCUT2D eigenvalue weighted by Crippen LogP contribution is 2.48. The Bertz CT molecular complexity index is 1880. The van der Waals surface area contributed by atoms with Gasteiger partial charge in [-0.15, -0.1) is 11.3 Å². The lowest BCUT2D eigenvalue weighted by Crippen LogP contribution is -2.27. The lowest BCUT2D eigenvalue weighted by atomic mass is 9.79. The minimum atomic E-state index is -0.609. The van der Waals surface area contributed by atoms with Crippen LogP contribution in [-0.2, 0) is 17.8 Å². The second kappa shape index (κ2) is 14.2. The van der Waals surface area contributed by atoms with Gasteiger partial charge in [-0.25, -0.2) is 4.98 Å². The number of hydrogen-bond donors (Lipinski definition) is 2. The van der Waals surface area contributed by atoms with Gasteiger partial charge in [0, 0.05) is 40.7 Å². The summed E-state index contributed by atoms with van der Waals surface area (Å²) in [6.45, 7) is 9.76. The van der Waals surface area contributed by atoms with Crippen LogP contribution in [0.15, 0.2) is 48.1 Å². The van der Waals surface area contributed by atoms with Crippen LogP contribution >= 0.6 is 11.3 Å². The van der Waals surface area contributed by atoms with Crippen molar-refractivity contribution in [2.24, 2.45) is 23.7 Å². The molecule has 6 nitrogen and oxygen atoms in total. The molecule has 2 N–H and O–H groups in total. The number of aliphatic hydroxyl groups excluding tert-OH is 1. The van der Waals surface area contributed by atoms with Crippen LogP contribution in [0.4, 0.5) is 0 Å². The molecule has 1 aromatic carbocycles. The van der Waals surface area contributed by atoms with Crippen LogP contribution in [-0.4, -0.2) is 56.8 Å². The highest BCUT2D eigenvalue weighted by molar-refractivity contribution is 7.13. The maximum Gasteiger partial charge on any atom is 0.170 e. The fourth-order valence-electron chi connectivity index (χ4n) is 8.66. The van der Waals surface area contributed by atoms with Gasteiger partial charge in [0.15, 0.2) is 5.78 Å². The van der Waals surface area contributed by atoms with Crippen LogP contribution < -0.4 is 0 Å². The van der Waals surface area contributed by atoms with Crippen LogP contribution in [0.1, 0.15) is 105 Å². The molecule has 1 saturated carbocycles. The maximum absolute atomic E-state index is 14.2. The molecule has 256 valence electrons. The smallest absolute Gasteiger partial charge is 0.170 e. The molecular weight excluding hydrogens is 625 g/mol. The second-order valence-corrected chi connectivity index (χ2v) is 16.3. The van der Waals surface area contributed by atoms with Crippen molar-refractivity contribution in [1.29, 1.82) is 0 Å². The number of aromatic nitrogens is 2. The van der Waals surface area contributed by atoms with Gasteiger partial charge < -0.3 is 15.0 Å². The Morgan fingerprint density at radius 3 is 2.86 bits per heavy atom. The number of likely N-dealkylation sites (tertiary alicyclic amines) is 1. The molecule has 49 heavy (non-hydrogen) atoms. The number of carbonyl (C=O) groups is 1. The summed E-state index contributed by atoms with van der Waals surface area (Å²) >= 11 is 1.92. The number of aliphatic hydroxyl groups is 1. The topological polar surface area (TPSA) is 72.5 Å². The van der Waals surface area contributed by atoms with E-state index in [1.54, 1.807) is 0 Å². The summed E-state index contributed by atoms with van der Waals surface area (Å²) in [6, 6.07) is 8.82. The summed E-state index contributed by atoms with van der Waals surface area (Å²) in [5.41, 5.74) is 7.17. The largest absolute Gasteiger partial charge is 0.374 e. The zero-order valence-corrected chi connectivity index (χ0v) is 30.0. The normalized spacial score (nSPS) is 24.8. The number of carbonyl (C=O) groups excluding carboxylic acids is 1. The highest BCUT2D eigenvalue weighted by atomic mass is 32.1. The van der Waals surface area contributed by atoms with E-state index in [9.17, 15) is 9.90 Å². The van der Waals surface area contributed by atoms with E-state index in [2.05, 4.69) is 83.0 Å². The van der Waals surface area contributed by atoms with Gasteiger partial charge in [-0.05, 0) is 129 Å². The molecule has 0 spiro atoms. The molecule has 8 rings (SSSR count). The van der Waals surface area contributed by atoms with Crippen molar-refractivity contribution >= 4 is 39.3 Å². The van der Waals surface area contributed by atoms with E-state index in [1.807, 2.05) is 11.3 Å². The number of hydrogen-bond acceptors (Lipinski definition) is 6. The molecule has 7 heteroatoms. The van der Waals surface area contributed by atoms with Crippen LogP contribution in [0.25, 0.3) is 22.2 Å². The van der Waals surface area contributed by atoms with Gasteiger partial charge in [-0.3, -0.25) is 9.69 Å². The number of H-pyrrole nitrogens is 1. The number of imidazole rings is 1. The van der Waals surface area contributed by atoms with Crippen molar-refractivity contribution < 1.29 is 9.90 Å². The van der Waals surface area contributed by atoms with Crippen molar-refractivity contribution in [3.05, 3.63) is 74.8 Å². The first-order valence-electron chi connectivity index (χ1n) is 18.9. The van der Waals surface area contributed by atoms with Crippen LogP contribution in [0.2, 0.25) is 0 Å². The van der Waals surface area contributed by atoms with Gasteiger partial charge in [0.1, 0.15) is 12.1 Å². The first-order chi connectivity index (χ1) is 24.0. The van der Waals surface area contributed by atoms with E-state index in [4.69, 9.17) is 4.98 Å². The predicted octanol–water partition coefficient (Wildman–Crippen LogP) is 8.31. The summed E-state index contributed by atoms with van der Waals surface area (Å²) < 4.78 is 0. The minimum absolute atomic E-state index is 0.0610. The zero-order valence-electron chi connectivity index (χ0n) is 29.1. The second-order valence-electron chi connectivity index (χ2n) is 15.1. The Labute approximate surface area is 295 Å². The number of ketones is 1. The van der Waals surface area contributed by atoms with Gasteiger partial charge in [-0.2, -0.15) is 0 Å². The molecule has 2 fully saturated rings. The maximum atomic E-state index is 14.2. The molecule has 3 aliphatic carbocycles. The Hall–Kier alpha value is -3.28. The molecule has 2 aromatic heterocycles. The number of allylic oxidation sites excluding steroid dienone is 6. The lowest BCUT2D eigenvalue weighted by molar-refractivity contribution is -0.115. The van der Waals surface area contributed by atoms with Gasteiger partial charge >= 0.3 is 0 Å². The molecule has 4 heterocycles. The van der Waals surface area contributed by atoms with Crippen LogP contribution in [0, 0.1) is 35.5 Å². The van der Waals surface area contributed by atoms with Gasteiger partial charge in [0.05, 0.1) is 16.6 Å². The van der Waals surface area contributed by atoms with Crippen molar-refractivity contribution in [3.8, 4) is 11.8 Å². The fraction of sp³-hybridized carbons (Fsp3) is 0.524. The van der Waals surface area contributed by atoms with Gasteiger partial charge in [0.2, 0.25) is 0 Å². The van der Waals surface area contributed by atoms with E-state index in [1.165, 1.54) is 47.7 Å². The van der Waals surface area contributed by atoms with Crippen molar-refractivity contribution in [2.45, 2.75) is 90.8 Å². The van der Waals surface area contributed by atoms with E-state index < -0.39 is 6.23 Å². The molecular formula is C42H50N4O2S. The number of nitrogens with zero attached hydrogens (tertiary/aromatic N) is 3. The number of unbranched alkanes of at least 4 members (excludes halogenated alkanes) is 1. The Balaban J connectivity index is 1.06. The van der Waals surface area contributed by atoms with E-state index >= 15 is 0 Å². The molecule has 3 aromatic rings. The van der Waals surface area contributed by atoms with E-state index in [0.29, 0.717) is 17.7 Å². The molecule has 5 aliphatic rings. The standard InChI is InChI=1S/C42H50N4O2S/c1-3-4-11-29(22-32-15-17-38(49-32)28-12-6-5-7-13-28)27(2)33-16-14-30-23-34(30)40(47)39(33)41-43-36-24-31-26-46(21-10-20-45-18-8-9-19-45)42(48)35(31)25-37(36)44-41/h13-17,24-25,27,29-30,34,42,48H,3-4,6,8-12,18-23,26H2,1-2H3,(H,43,44). The summed E-state index contributed by atoms with van der Waals surface area (Å²) in [6.07, 6.45) is 17.1. The molecule has 2 aliphatic heterocycles. The first-order valence-corrected chi connectivity index (χ1v) is 19.7. The Kier molecular flexibility index (Phi) is 9.50. The molecule has 0 amide bonds. The number of rotatable bonds is 13. The predicted molar refractivity (Wildman–Crippen MR) is 200 cm³/mol. The average Bonchev–Trinajstić information content (AvgIpc) is 3.50. The van der Waals surface area contributed by atoms with Crippen molar-refractivity contribution in [1.82, 2.24) is 19.8 Å². The average molecular weight is 675 g/mol. The number of aromatic amines is 1. The van der Waals surface area contributed by atoms with Crippen LogP contribution in [0.3, 0.4) is 0 Å². The van der Waals surface area contributed by atoms with E-state index in [-0.39, 0.29) is 17.6 Å². The molecule has 5 unspecified atom stereocenters. The minimum Gasteiger partial charge on any atom is -0.374 e. The number of thiophene rings is 1. The Morgan fingerprint density at radius 2 is 2.04 bits per heavy atom. The highest BCUT2D eigenvalue weighted by Gasteiger charge is 2.46.